The zero-order valence-electron chi connectivity index (χ0n) is 18.9. The van der Waals surface area contributed by atoms with Crippen LogP contribution in [0.1, 0.15) is 23.6 Å². The molecule has 33 heavy (non-hydrogen) atoms. The summed E-state index contributed by atoms with van der Waals surface area (Å²) in [6, 6.07) is 18.7. The maximum atomic E-state index is 13.0. The van der Waals surface area contributed by atoms with Gasteiger partial charge in [-0.05, 0) is 70.7 Å². The number of aliphatic carboxylic acids is 1. The number of methoxy groups -OCH3 is 1. The van der Waals surface area contributed by atoms with Crippen LogP contribution >= 0.6 is 15.9 Å². The number of urea groups is 1. The minimum absolute atomic E-state index is 0.0758. The Morgan fingerprint density at radius 3 is 2.48 bits per heavy atom. The van der Waals surface area contributed by atoms with E-state index >= 15 is 0 Å². The van der Waals surface area contributed by atoms with Gasteiger partial charge in [0.15, 0.2) is 0 Å². The molecule has 2 amide bonds. The summed E-state index contributed by atoms with van der Waals surface area (Å²) in [5.41, 5.74) is 5.10. The average molecular weight is 511 g/mol. The Kier molecular flexibility index (Phi) is 8.11. The third-order valence-corrected chi connectivity index (χ3v) is 6.01. The number of carbonyl (C=O) groups excluding carboxylic acids is 1. The van der Waals surface area contributed by atoms with Crippen LogP contribution in [-0.2, 0) is 17.8 Å². The number of nitrogens with one attached hydrogen (secondary N) is 1. The van der Waals surface area contributed by atoms with Crippen molar-refractivity contribution in [1.29, 1.82) is 0 Å². The number of halogens is 1. The van der Waals surface area contributed by atoms with Crippen LogP contribution in [0.4, 0.5) is 10.5 Å². The summed E-state index contributed by atoms with van der Waals surface area (Å²) in [4.78, 5) is 26.0. The van der Waals surface area contributed by atoms with E-state index in [4.69, 9.17) is 4.74 Å². The first-order chi connectivity index (χ1) is 15.8. The Balaban J connectivity index is 1.96. The first-order valence-electron chi connectivity index (χ1n) is 10.6. The normalized spacial score (nSPS) is 10.5. The molecule has 6 nitrogen and oxygen atoms in total. The minimum Gasteiger partial charge on any atom is -0.496 e. The van der Waals surface area contributed by atoms with Crippen molar-refractivity contribution < 1.29 is 19.4 Å². The summed E-state index contributed by atoms with van der Waals surface area (Å²) in [7, 11) is 1.59. The number of carboxylic acids is 1. The lowest BCUT2D eigenvalue weighted by molar-refractivity contribution is -0.136. The van der Waals surface area contributed by atoms with Crippen molar-refractivity contribution in [3.8, 4) is 16.9 Å². The molecule has 0 heterocycles. The van der Waals surface area contributed by atoms with E-state index in [1.54, 1.807) is 24.1 Å². The number of carbonyl (C=O) groups is 2. The highest BCUT2D eigenvalue weighted by Gasteiger charge is 2.18. The second-order valence-electron chi connectivity index (χ2n) is 7.69. The quantitative estimate of drug-likeness (QED) is 0.382. The molecule has 0 spiro atoms. The highest BCUT2D eigenvalue weighted by molar-refractivity contribution is 9.10. The number of ether oxygens (including phenoxy) is 1. The Labute approximate surface area is 202 Å². The van der Waals surface area contributed by atoms with Gasteiger partial charge in [0.1, 0.15) is 5.75 Å². The SMILES string of the molecule is CCN(Cc1cc(C)ccc1-c1cc(CC(=O)O)ccc1OC)C(=O)Nc1ccccc1Br. The van der Waals surface area contributed by atoms with Gasteiger partial charge in [0.05, 0.1) is 19.2 Å². The van der Waals surface area contributed by atoms with Gasteiger partial charge in [0.2, 0.25) is 0 Å². The highest BCUT2D eigenvalue weighted by Crippen LogP contribution is 2.35. The van der Waals surface area contributed by atoms with Crippen molar-refractivity contribution in [2.75, 3.05) is 19.0 Å². The third-order valence-electron chi connectivity index (χ3n) is 5.32. The Bertz CT molecular complexity index is 1160. The summed E-state index contributed by atoms with van der Waals surface area (Å²) in [6.45, 7) is 4.84. The molecule has 3 rings (SSSR count). The van der Waals surface area contributed by atoms with Gasteiger partial charge >= 0.3 is 12.0 Å². The second kappa shape index (κ2) is 11.0. The zero-order valence-corrected chi connectivity index (χ0v) is 20.5. The lowest BCUT2D eigenvalue weighted by Crippen LogP contribution is -2.34. The molecule has 3 aromatic rings. The van der Waals surface area contributed by atoms with Gasteiger partial charge < -0.3 is 20.1 Å². The van der Waals surface area contributed by atoms with Crippen LogP contribution in [0.2, 0.25) is 0 Å². The number of para-hydroxylation sites is 1. The Morgan fingerprint density at radius 1 is 1.06 bits per heavy atom. The monoisotopic (exact) mass is 510 g/mol. The van der Waals surface area contributed by atoms with E-state index in [0.717, 1.165) is 26.7 Å². The molecule has 0 atom stereocenters. The van der Waals surface area contributed by atoms with Crippen molar-refractivity contribution in [3.05, 3.63) is 81.8 Å². The molecule has 0 saturated carbocycles. The van der Waals surface area contributed by atoms with Gasteiger partial charge in [-0.1, -0.05) is 42.0 Å². The first kappa shape index (κ1) is 24.3. The fourth-order valence-electron chi connectivity index (χ4n) is 3.66. The average Bonchev–Trinajstić information content (AvgIpc) is 2.78. The van der Waals surface area contributed by atoms with Crippen LogP contribution < -0.4 is 10.1 Å². The van der Waals surface area contributed by atoms with Gasteiger partial charge in [-0.3, -0.25) is 4.79 Å². The summed E-state index contributed by atoms with van der Waals surface area (Å²) in [5, 5.41) is 12.2. The molecule has 0 aliphatic rings. The lowest BCUT2D eigenvalue weighted by Gasteiger charge is -2.24. The predicted octanol–water partition coefficient (Wildman–Crippen LogP) is 6.11. The number of nitrogens with zero attached hydrogens (tertiary/aromatic N) is 1. The topological polar surface area (TPSA) is 78.9 Å². The molecule has 0 aliphatic heterocycles. The Morgan fingerprint density at radius 2 is 1.82 bits per heavy atom. The van der Waals surface area contributed by atoms with E-state index in [2.05, 4.69) is 21.2 Å². The van der Waals surface area contributed by atoms with Crippen molar-refractivity contribution in [2.45, 2.75) is 26.8 Å². The van der Waals surface area contributed by atoms with Gasteiger partial charge in [-0.25, -0.2) is 4.79 Å². The van der Waals surface area contributed by atoms with E-state index in [9.17, 15) is 14.7 Å². The molecule has 2 N–H and O–H groups in total. The van der Waals surface area contributed by atoms with Crippen molar-refractivity contribution in [2.24, 2.45) is 0 Å². The molecule has 7 heteroatoms. The molecule has 0 aliphatic carbocycles. The largest absolute Gasteiger partial charge is 0.496 e. The van der Waals surface area contributed by atoms with E-state index in [1.807, 2.05) is 62.4 Å². The zero-order chi connectivity index (χ0) is 24.0. The number of amides is 2. The molecule has 0 bridgehead atoms. The fourth-order valence-corrected chi connectivity index (χ4v) is 4.04. The summed E-state index contributed by atoms with van der Waals surface area (Å²) >= 11 is 3.47. The molecule has 0 aromatic heterocycles. The van der Waals surface area contributed by atoms with Gasteiger partial charge in [-0.15, -0.1) is 0 Å². The molecule has 0 fully saturated rings. The molecule has 0 unspecified atom stereocenters. The number of anilines is 1. The van der Waals surface area contributed by atoms with Crippen molar-refractivity contribution in [3.63, 3.8) is 0 Å². The number of hydrogen-bond acceptors (Lipinski definition) is 3. The van der Waals surface area contributed by atoms with Gasteiger partial charge in [0, 0.05) is 23.1 Å². The van der Waals surface area contributed by atoms with Crippen LogP contribution in [0.3, 0.4) is 0 Å². The summed E-state index contributed by atoms with van der Waals surface area (Å²) in [6.07, 6.45) is -0.0758. The van der Waals surface area contributed by atoms with Crippen LogP contribution in [0.15, 0.2) is 65.1 Å². The minimum atomic E-state index is -0.892. The van der Waals surface area contributed by atoms with Crippen molar-refractivity contribution in [1.82, 2.24) is 4.90 Å². The van der Waals surface area contributed by atoms with E-state index in [1.165, 1.54) is 0 Å². The first-order valence-corrected chi connectivity index (χ1v) is 11.4. The number of rotatable bonds is 8. The fraction of sp³-hybridized carbons (Fsp3) is 0.231. The highest BCUT2D eigenvalue weighted by atomic mass is 79.9. The molecule has 172 valence electrons. The predicted molar refractivity (Wildman–Crippen MR) is 134 cm³/mol. The molecule has 0 saturated heterocycles. The number of aryl methyl sites for hydroxylation is 1. The van der Waals surface area contributed by atoms with Crippen molar-refractivity contribution >= 4 is 33.6 Å². The second-order valence-corrected chi connectivity index (χ2v) is 8.54. The van der Waals surface area contributed by atoms with E-state index in [-0.39, 0.29) is 12.5 Å². The van der Waals surface area contributed by atoms with Crippen LogP contribution in [-0.4, -0.2) is 35.7 Å². The maximum absolute atomic E-state index is 13.0. The molecule has 0 radical (unpaired) electrons. The molecular formula is C26H27BrN2O4. The number of benzene rings is 3. The Hall–Kier alpha value is -3.32. The molecular weight excluding hydrogens is 484 g/mol. The molecule has 3 aromatic carbocycles. The summed E-state index contributed by atoms with van der Waals surface area (Å²) < 4.78 is 6.38. The summed E-state index contributed by atoms with van der Waals surface area (Å²) in [5.74, 6) is -0.244. The number of hydrogen-bond donors (Lipinski definition) is 2. The van der Waals surface area contributed by atoms with Crippen LogP contribution in [0.5, 0.6) is 5.75 Å². The standard InChI is InChI=1S/C26H27BrN2O4/c1-4-29(26(32)28-23-8-6-5-7-22(23)27)16-19-13-17(2)9-11-20(19)21-14-18(15-25(30)31)10-12-24(21)33-3/h5-14H,4,15-16H2,1-3H3,(H,28,32)(H,30,31). The maximum Gasteiger partial charge on any atom is 0.322 e. The van der Waals surface area contributed by atoms with E-state index < -0.39 is 5.97 Å². The lowest BCUT2D eigenvalue weighted by atomic mass is 9.94. The number of carboxylic acid groups (broad SMARTS) is 1. The third kappa shape index (κ3) is 6.14. The smallest absolute Gasteiger partial charge is 0.322 e. The van der Waals surface area contributed by atoms with Crippen LogP contribution in [0, 0.1) is 6.92 Å². The van der Waals surface area contributed by atoms with E-state index in [0.29, 0.717) is 30.1 Å². The van der Waals surface area contributed by atoms with Gasteiger partial charge in [0.25, 0.3) is 0 Å². The van der Waals surface area contributed by atoms with Crippen LogP contribution in [0.25, 0.3) is 11.1 Å². The van der Waals surface area contributed by atoms with Gasteiger partial charge in [-0.2, -0.15) is 0 Å².